The summed E-state index contributed by atoms with van der Waals surface area (Å²) in [6, 6.07) is 67.3. The number of hydrogen-bond acceptors (Lipinski definition) is 0. The first kappa shape index (κ1) is 51.6. The van der Waals surface area contributed by atoms with Crippen LogP contribution in [0.2, 0.25) is 0 Å². The van der Waals surface area contributed by atoms with Crippen LogP contribution in [0.25, 0.3) is 0 Å². The molecule has 7 rings (SSSR count). The average Bonchev–Trinajstić information content (AvgIpc) is 3.28. The van der Waals surface area contributed by atoms with Gasteiger partial charge in [0.05, 0.1) is 0 Å². The van der Waals surface area contributed by atoms with Gasteiger partial charge < -0.3 is 0 Å². The predicted octanol–water partition coefficient (Wildman–Crippen LogP) is 17.4. The lowest BCUT2D eigenvalue weighted by Gasteiger charge is -2.16. The predicted molar refractivity (Wildman–Crippen MR) is 265 cm³/mol. The van der Waals surface area contributed by atoms with Crippen molar-refractivity contribution in [1.82, 2.24) is 0 Å². The molecule has 0 aliphatic rings. The molecule has 0 aliphatic carbocycles. The second kappa shape index (κ2) is 28.0. The molecular weight excluding hydrogens is 709 g/mol. The van der Waals surface area contributed by atoms with Crippen LogP contribution in [-0.2, 0) is 19.3 Å². The van der Waals surface area contributed by atoms with Gasteiger partial charge >= 0.3 is 0 Å². The largest absolute Gasteiger partial charge is 0.0776 e. The average molecular weight is 785 g/mol. The van der Waals surface area contributed by atoms with Crippen LogP contribution in [0.1, 0.15) is 143 Å². The fraction of sp³-hybridized carbons (Fsp3) is 0.288. The highest BCUT2D eigenvalue weighted by Gasteiger charge is 2.11. The molecule has 0 spiro atoms. The van der Waals surface area contributed by atoms with Gasteiger partial charge in [-0.2, -0.15) is 0 Å². The molecule has 0 saturated carbocycles. The van der Waals surface area contributed by atoms with E-state index in [-0.39, 0.29) is 22.3 Å². The standard InChI is InChI=1S/C22H22.C15H16.C10H14.C9H12.3CH4/c1-17(19-9-5-3-6-10-19)21-13-15-22(16-14-21)18(2)20-11-7-4-8-12-20;1-12-8-10-15(11-9-12)13(2)14-6-4-3-5-7-14;1-3-9-5-7-10(4-2)8-6-9;1-3-9-6-4-8(2)5-7-9;;;/h3-18H,1-2H3;3-11,13H,1-2H3;5-8H,3-4H2,1-2H3;4-7H,3H2,1-2H3;3*1H4. The summed E-state index contributed by atoms with van der Waals surface area (Å²) in [5, 5.41) is 0. The Morgan fingerprint density at radius 1 is 0.271 bits per heavy atom. The summed E-state index contributed by atoms with van der Waals surface area (Å²) in [7, 11) is 0. The Balaban J connectivity index is 0.000000412. The van der Waals surface area contributed by atoms with E-state index in [2.05, 4.69) is 243 Å². The van der Waals surface area contributed by atoms with Crippen molar-refractivity contribution in [2.75, 3.05) is 0 Å². The van der Waals surface area contributed by atoms with E-state index >= 15 is 0 Å². The normalized spacial score (nSPS) is 11.3. The van der Waals surface area contributed by atoms with Crippen LogP contribution in [0.4, 0.5) is 0 Å². The van der Waals surface area contributed by atoms with Crippen molar-refractivity contribution in [3.63, 3.8) is 0 Å². The van der Waals surface area contributed by atoms with Crippen molar-refractivity contribution in [3.8, 4) is 0 Å². The van der Waals surface area contributed by atoms with E-state index in [4.69, 9.17) is 0 Å². The summed E-state index contributed by atoms with van der Waals surface area (Å²) in [6.45, 7) is 17.6. The summed E-state index contributed by atoms with van der Waals surface area (Å²) in [6.07, 6.45) is 3.42. The molecule has 0 nitrogen and oxygen atoms in total. The molecule has 3 atom stereocenters. The minimum Gasteiger partial charge on any atom is -0.0776 e. The SMILES string of the molecule is C.C.C.CC(c1ccccc1)c1ccc(C(C)c2ccccc2)cc1.CCc1ccc(C)cc1.CCc1ccc(CC)cc1.Cc1ccc(C(C)c2ccccc2)cc1. The van der Waals surface area contributed by atoms with Crippen molar-refractivity contribution < 1.29 is 0 Å². The van der Waals surface area contributed by atoms with Crippen LogP contribution < -0.4 is 0 Å². The zero-order chi connectivity index (χ0) is 40.1. The van der Waals surface area contributed by atoms with E-state index in [1.165, 1.54) is 61.2 Å². The first-order chi connectivity index (χ1) is 27.2. The van der Waals surface area contributed by atoms with Gasteiger partial charge in [-0.15, -0.1) is 0 Å². The molecule has 0 amide bonds. The molecular formula is C59H76. The zero-order valence-corrected chi connectivity index (χ0v) is 35.3. The van der Waals surface area contributed by atoms with Crippen LogP contribution in [0.15, 0.2) is 188 Å². The van der Waals surface area contributed by atoms with Gasteiger partial charge in [0.25, 0.3) is 0 Å². The van der Waals surface area contributed by atoms with E-state index in [1.807, 2.05) is 0 Å². The van der Waals surface area contributed by atoms with E-state index < -0.39 is 0 Å². The maximum atomic E-state index is 2.27. The second-order valence-corrected chi connectivity index (χ2v) is 14.8. The third-order valence-corrected chi connectivity index (χ3v) is 10.8. The van der Waals surface area contributed by atoms with Crippen LogP contribution >= 0.6 is 0 Å². The lowest BCUT2D eigenvalue weighted by Crippen LogP contribution is -1.99. The Bertz CT molecular complexity index is 1950. The highest BCUT2D eigenvalue weighted by molar-refractivity contribution is 5.38. The van der Waals surface area contributed by atoms with Crippen molar-refractivity contribution in [2.24, 2.45) is 0 Å². The fourth-order valence-corrected chi connectivity index (χ4v) is 6.57. The molecule has 0 radical (unpaired) electrons. The Morgan fingerprint density at radius 3 is 0.695 bits per heavy atom. The molecule has 0 N–H and O–H groups in total. The Hall–Kier alpha value is -5.46. The van der Waals surface area contributed by atoms with Crippen LogP contribution in [-0.4, -0.2) is 0 Å². The Kier molecular flexibility index (Phi) is 24.5. The van der Waals surface area contributed by atoms with Gasteiger partial charge in [0.2, 0.25) is 0 Å². The summed E-state index contributed by atoms with van der Waals surface area (Å²) >= 11 is 0. The van der Waals surface area contributed by atoms with E-state index in [0.717, 1.165) is 19.3 Å². The summed E-state index contributed by atoms with van der Waals surface area (Å²) < 4.78 is 0. The Labute approximate surface area is 362 Å². The fourth-order valence-electron chi connectivity index (χ4n) is 6.57. The summed E-state index contributed by atoms with van der Waals surface area (Å²) in [5.74, 6) is 1.34. The minimum atomic E-state index is 0. The lowest BCUT2D eigenvalue weighted by molar-refractivity contribution is 0.898. The number of rotatable bonds is 9. The summed E-state index contributed by atoms with van der Waals surface area (Å²) in [4.78, 5) is 0. The van der Waals surface area contributed by atoms with Crippen LogP contribution in [0.3, 0.4) is 0 Å². The van der Waals surface area contributed by atoms with Gasteiger partial charge in [0.15, 0.2) is 0 Å². The first-order valence-electron chi connectivity index (χ1n) is 20.7. The van der Waals surface area contributed by atoms with Gasteiger partial charge in [-0.05, 0) is 83.2 Å². The molecule has 7 aromatic rings. The van der Waals surface area contributed by atoms with Crippen LogP contribution in [0, 0.1) is 13.8 Å². The molecule has 59 heavy (non-hydrogen) atoms. The monoisotopic (exact) mass is 785 g/mol. The smallest absolute Gasteiger partial charge is 0.00610 e. The third-order valence-electron chi connectivity index (χ3n) is 10.8. The van der Waals surface area contributed by atoms with Gasteiger partial charge in [0, 0.05) is 17.8 Å². The van der Waals surface area contributed by atoms with Gasteiger partial charge in [-0.3, -0.25) is 0 Å². The van der Waals surface area contributed by atoms with Crippen molar-refractivity contribution in [3.05, 3.63) is 249 Å². The molecule has 0 bridgehead atoms. The number of aryl methyl sites for hydroxylation is 5. The van der Waals surface area contributed by atoms with Gasteiger partial charge in [-0.25, -0.2) is 0 Å². The second-order valence-electron chi connectivity index (χ2n) is 14.8. The molecule has 0 heterocycles. The lowest BCUT2D eigenvalue weighted by atomic mass is 9.89. The zero-order valence-electron chi connectivity index (χ0n) is 35.3. The molecule has 7 aromatic carbocycles. The molecule has 312 valence electrons. The minimum absolute atomic E-state index is 0. The molecule has 0 saturated heterocycles. The van der Waals surface area contributed by atoms with E-state index in [9.17, 15) is 0 Å². The van der Waals surface area contributed by atoms with Crippen molar-refractivity contribution in [2.45, 2.75) is 115 Å². The molecule has 0 heteroatoms. The topological polar surface area (TPSA) is 0 Å². The highest BCUT2D eigenvalue weighted by Crippen LogP contribution is 2.28. The molecule has 0 aromatic heterocycles. The Morgan fingerprint density at radius 2 is 0.458 bits per heavy atom. The van der Waals surface area contributed by atoms with Gasteiger partial charge in [0.1, 0.15) is 0 Å². The summed E-state index contributed by atoms with van der Waals surface area (Å²) in [5.41, 5.74) is 15.2. The maximum Gasteiger partial charge on any atom is 0.00610 e. The van der Waals surface area contributed by atoms with Crippen molar-refractivity contribution >= 4 is 0 Å². The molecule has 3 unspecified atom stereocenters. The molecule has 0 aliphatic heterocycles. The van der Waals surface area contributed by atoms with E-state index in [0.29, 0.717) is 17.8 Å². The number of hydrogen-bond donors (Lipinski definition) is 0. The maximum absolute atomic E-state index is 2.27. The number of benzene rings is 7. The van der Waals surface area contributed by atoms with E-state index in [1.54, 1.807) is 0 Å². The van der Waals surface area contributed by atoms with Gasteiger partial charge in [-0.1, -0.05) is 263 Å². The highest BCUT2D eigenvalue weighted by atomic mass is 14.2. The quantitative estimate of drug-likeness (QED) is 0.137. The van der Waals surface area contributed by atoms with Crippen LogP contribution in [0.5, 0.6) is 0 Å². The van der Waals surface area contributed by atoms with Crippen molar-refractivity contribution in [1.29, 1.82) is 0 Å². The third kappa shape index (κ3) is 17.1. The molecule has 0 fully saturated rings. The first-order valence-corrected chi connectivity index (χ1v) is 20.7.